The predicted molar refractivity (Wildman–Crippen MR) is 70.0 cm³/mol. The van der Waals surface area contributed by atoms with Gasteiger partial charge in [0, 0.05) is 10.6 Å². The van der Waals surface area contributed by atoms with Gasteiger partial charge >= 0.3 is 5.97 Å². The van der Waals surface area contributed by atoms with E-state index in [1.807, 2.05) is 26.0 Å². The fourth-order valence-corrected chi connectivity index (χ4v) is 2.54. The van der Waals surface area contributed by atoms with Gasteiger partial charge in [-0.1, -0.05) is 6.92 Å². The number of rotatable bonds is 5. The highest BCUT2D eigenvalue weighted by atomic mass is 32.2. The van der Waals surface area contributed by atoms with E-state index in [0.717, 1.165) is 21.8 Å². The van der Waals surface area contributed by atoms with Crippen LogP contribution in [0.5, 0.6) is 5.75 Å². The Hall–Kier alpha value is -1.16. The lowest BCUT2D eigenvalue weighted by Crippen LogP contribution is -2.11. The Morgan fingerprint density at radius 3 is 2.59 bits per heavy atom. The second-order valence-corrected chi connectivity index (χ2v) is 5.20. The highest BCUT2D eigenvalue weighted by Crippen LogP contribution is 2.30. The molecule has 0 spiro atoms. The predicted octanol–water partition coefficient (Wildman–Crippen LogP) is 3.12. The first kappa shape index (κ1) is 13.9. The smallest absolute Gasteiger partial charge is 0.307 e. The summed E-state index contributed by atoms with van der Waals surface area (Å²) in [5.74, 6) is 0.377. The summed E-state index contributed by atoms with van der Waals surface area (Å²) in [7, 11) is 1.65. The number of carbonyl (C=O) groups is 1. The number of hydrogen-bond acceptors (Lipinski definition) is 3. The average Bonchev–Trinajstić information content (AvgIpc) is 2.29. The molecule has 1 aromatic carbocycles. The minimum Gasteiger partial charge on any atom is -0.496 e. The zero-order valence-corrected chi connectivity index (χ0v) is 11.4. The van der Waals surface area contributed by atoms with E-state index in [9.17, 15) is 4.79 Å². The van der Waals surface area contributed by atoms with E-state index < -0.39 is 5.97 Å². The average molecular weight is 254 g/mol. The number of benzene rings is 1. The van der Waals surface area contributed by atoms with Crippen LogP contribution in [0.25, 0.3) is 0 Å². The van der Waals surface area contributed by atoms with E-state index in [-0.39, 0.29) is 5.92 Å². The molecule has 0 radical (unpaired) electrons. The van der Waals surface area contributed by atoms with Crippen molar-refractivity contribution in [2.24, 2.45) is 5.92 Å². The van der Waals surface area contributed by atoms with Crippen LogP contribution in [0.3, 0.4) is 0 Å². The molecule has 0 aliphatic rings. The maximum atomic E-state index is 10.7. The first-order valence-electron chi connectivity index (χ1n) is 5.46. The van der Waals surface area contributed by atoms with Crippen LogP contribution >= 0.6 is 11.8 Å². The van der Waals surface area contributed by atoms with Crippen molar-refractivity contribution in [2.75, 3.05) is 12.9 Å². The minimum absolute atomic E-state index is 0.332. The van der Waals surface area contributed by atoms with Crippen LogP contribution < -0.4 is 4.74 Å². The van der Waals surface area contributed by atoms with Gasteiger partial charge in [-0.2, -0.15) is 0 Å². The summed E-state index contributed by atoms with van der Waals surface area (Å²) in [5, 5.41) is 8.83. The molecule has 1 unspecified atom stereocenters. The van der Waals surface area contributed by atoms with E-state index in [4.69, 9.17) is 9.84 Å². The molecule has 0 bridgehead atoms. The molecule has 4 heteroatoms. The van der Waals surface area contributed by atoms with Crippen LogP contribution in [0.1, 0.15) is 18.1 Å². The zero-order chi connectivity index (χ0) is 13.0. The summed E-state index contributed by atoms with van der Waals surface area (Å²) in [6.45, 7) is 5.72. The first-order chi connectivity index (χ1) is 7.95. The standard InChI is InChI=1S/C13H18O3S/c1-8-6-12(9(2)5-11(8)16-4)17-7-10(3)13(14)15/h5-6,10H,7H2,1-4H3,(H,14,15). The van der Waals surface area contributed by atoms with E-state index in [1.165, 1.54) is 0 Å². The van der Waals surface area contributed by atoms with E-state index in [2.05, 4.69) is 0 Å². The molecule has 1 N–H and O–H groups in total. The Bertz CT molecular complexity index is 415. The molecular weight excluding hydrogens is 236 g/mol. The second-order valence-electron chi connectivity index (χ2n) is 4.14. The van der Waals surface area contributed by atoms with Crippen molar-refractivity contribution in [1.82, 2.24) is 0 Å². The molecule has 17 heavy (non-hydrogen) atoms. The van der Waals surface area contributed by atoms with Gasteiger partial charge in [-0.05, 0) is 37.1 Å². The SMILES string of the molecule is COc1cc(C)c(SCC(C)C(=O)O)cc1C. The van der Waals surface area contributed by atoms with Crippen LogP contribution in [0.2, 0.25) is 0 Å². The molecule has 0 aromatic heterocycles. The van der Waals surface area contributed by atoms with Gasteiger partial charge in [0.15, 0.2) is 0 Å². The Balaban J connectivity index is 2.78. The van der Waals surface area contributed by atoms with Crippen molar-refractivity contribution >= 4 is 17.7 Å². The van der Waals surface area contributed by atoms with Crippen LogP contribution in [0, 0.1) is 19.8 Å². The van der Waals surface area contributed by atoms with E-state index in [1.54, 1.807) is 25.8 Å². The van der Waals surface area contributed by atoms with Crippen LogP contribution in [0.4, 0.5) is 0 Å². The molecule has 0 amide bonds. The van der Waals surface area contributed by atoms with Crippen molar-refractivity contribution < 1.29 is 14.6 Å². The molecule has 1 aromatic rings. The Kier molecular flexibility index (Phi) is 4.87. The van der Waals surface area contributed by atoms with E-state index in [0.29, 0.717) is 5.75 Å². The van der Waals surface area contributed by atoms with Gasteiger partial charge in [-0.25, -0.2) is 0 Å². The molecule has 1 rings (SSSR count). The molecule has 0 fully saturated rings. The summed E-state index contributed by atoms with van der Waals surface area (Å²) in [4.78, 5) is 11.9. The fraction of sp³-hybridized carbons (Fsp3) is 0.462. The summed E-state index contributed by atoms with van der Waals surface area (Å²) in [6.07, 6.45) is 0. The maximum absolute atomic E-state index is 10.7. The number of carboxylic acid groups (broad SMARTS) is 1. The van der Waals surface area contributed by atoms with Gasteiger partial charge in [-0.15, -0.1) is 11.8 Å². The molecule has 0 aliphatic heterocycles. The van der Waals surface area contributed by atoms with Crippen molar-refractivity contribution in [3.05, 3.63) is 23.3 Å². The van der Waals surface area contributed by atoms with Gasteiger partial charge in [0.25, 0.3) is 0 Å². The summed E-state index contributed by atoms with van der Waals surface area (Å²) >= 11 is 1.58. The molecular formula is C13H18O3S. The van der Waals surface area contributed by atoms with Gasteiger partial charge in [-0.3, -0.25) is 4.79 Å². The normalized spacial score (nSPS) is 12.2. The van der Waals surface area contributed by atoms with Gasteiger partial charge in [0.05, 0.1) is 13.0 Å². The Labute approximate surface area is 106 Å². The van der Waals surface area contributed by atoms with Crippen LogP contribution in [0.15, 0.2) is 17.0 Å². The lowest BCUT2D eigenvalue weighted by Gasteiger charge is -2.12. The highest BCUT2D eigenvalue weighted by Gasteiger charge is 2.12. The third-order valence-electron chi connectivity index (χ3n) is 2.60. The lowest BCUT2D eigenvalue weighted by molar-refractivity contribution is -0.140. The number of hydrogen-bond donors (Lipinski definition) is 1. The van der Waals surface area contributed by atoms with Crippen LogP contribution in [-0.4, -0.2) is 23.9 Å². The molecule has 0 heterocycles. The monoisotopic (exact) mass is 254 g/mol. The fourth-order valence-electron chi connectivity index (χ4n) is 1.42. The number of ether oxygens (including phenoxy) is 1. The summed E-state index contributed by atoms with van der Waals surface area (Å²) in [5.41, 5.74) is 2.19. The number of aliphatic carboxylic acids is 1. The van der Waals surface area contributed by atoms with E-state index >= 15 is 0 Å². The third-order valence-corrected chi connectivity index (χ3v) is 4.02. The molecule has 94 valence electrons. The molecule has 0 saturated heterocycles. The number of methoxy groups -OCH3 is 1. The Morgan fingerprint density at radius 1 is 1.41 bits per heavy atom. The topological polar surface area (TPSA) is 46.5 Å². The molecule has 0 aliphatic carbocycles. The molecule has 1 atom stereocenters. The van der Waals surface area contributed by atoms with Crippen molar-refractivity contribution in [3.8, 4) is 5.75 Å². The van der Waals surface area contributed by atoms with Crippen molar-refractivity contribution in [1.29, 1.82) is 0 Å². The summed E-state index contributed by atoms with van der Waals surface area (Å²) < 4.78 is 5.24. The minimum atomic E-state index is -0.750. The largest absolute Gasteiger partial charge is 0.496 e. The van der Waals surface area contributed by atoms with Crippen molar-refractivity contribution in [3.63, 3.8) is 0 Å². The number of aryl methyl sites for hydroxylation is 2. The quantitative estimate of drug-likeness (QED) is 0.820. The second kappa shape index (κ2) is 5.96. The first-order valence-corrected chi connectivity index (χ1v) is 6.45. The van der Waals surface area contributed by atoms with Gasteiger partial charge in [0.1, 0.15) is 5.75 Å². The Morgan fingerprint density at radius 2 is 2.06 bits per heavy atom. The van der Waals surface area contributed by atoms with Crippen LogP contribution in [-0.2, 0) is 4.79 Å². The van der Waals surface area contributed by atoms with Gasteiger partial charge in [0.2, 0.25) is 0 Å². The molecule has 0 saturated carbocycles. The maximum Gasteiger partial charge on any atom is 0.307 e. The lowest BCUT2D eigenvalue weighted by atomic mass is 10.1. The molecule has 3 nitrogen and oxygen atoms in total. The zero-order valence-electron chi connectivity index (χ0n) is 10.6. The van der Waals surface area contributed by atoms with Gasteiger partial charge < -0.3 is 9.84 Å². The number of thioether (sulfide) groups is 1. The summed E-state index contributed by atoms with van der Waals surface area (Å²) in [6, 6.07) is 4.04. The van der Waals surface area contributed by atoms with Crippen molar-refractivity contribution in [2.45, 2.75) is 25.7 Å². The highest BCUT2D eigenvalue weighted by molar-refractivity contribution is 7.99. The third kappa shape index (κ3) is 3.66. The number of carboxylic acids is 1.